The summed E-state index contributed by atoms with van der Waals surface area (Å²) in [5.74, 6) is 0.592. The highest BCUT2D eigenvalue weighted by Gasteiger charge is 2.13. The lowest BCUT2D eigenvalue weighted by Gasteiger charge is -2.05. The van der Waals surface area contributed by atoms with E-state index in [-0.39, 0.29) is 0 Å². The van der Waals surface area contributed by atoms with Crippen LogP contribution in [0.5, 0.6) is 0 Å². The molecular formula is C10H8F2N6S. The fourth-order valence-electron chi connectivity index (χ4n) is 1.62. The number of imidazole rings is 2. The standard InChI is InChI=1S/C10H8F2N6S/c11-10(12)18-2-1-13-6(18)3-19-9-7-8(15-4-14-7)16-5-17-9/h1-2,4-5,10H,3H2,(H,14,15,16,17). The summed E-state index contributed by atoms with van der Waals surface area (Å²) in [6.45, 7) is -2.59. The van der Waals surface area contributed by atoms with Crippen molar-refractivity contribution < 1.29 is 8.78 Å². The second-order valence-corrected chi connectivity index (χ2v) is 4.56. The first-order valence-corrected chi connectivity index (χ1v) is 6.31. The molecule has 1 N–H and O–H groups in total. The number of fused-ring (bicyclic) bond motifs is 1. The Hall–Kier alpha value is -2.03. The molecule has 0 bridgehead atoms. The van der Waals surface area contributed by atoms with Crippen LogP contribution in [0.15, 0.2) is 30.1 Å². The normalized spacial score (nSPS) is 11.5. The van der Waals surface area contributed by atoms with Crippen molar-refractivity contribution in [2.75, 3.05) is 0 Å². The van der Waals surface area contributed by atoms with Crippen LogP contribution in [0.4, 0.5) is 8.78 Å². The highest BCUT2D eigenvalue weighted by molar-refractivity contribution is 7.98. The van der Waals surface area contributed by atoms with Crippen LogP contribution in [0.25, 0.3) is 11.2 Å². The fraction of sp³-hybridized carbons (Fsp3) is 0.200. The zero-order valence-corrected chi connectivity index (χ0v) is 10.3. The molecule has 0 aliphatic rings. The van der Waals surface area contributed by atoms with Crippen LogP contribution in [0, 0.1) is 0 Å². The van der Waals surface area contributed by atoms with E-state index >= 15 is 0 Å². The summed E-state index contributed by atoms with van der Waals surface area (Å²) in [4.78, 5) is 18.9. The van der Waals surface area contributed by atoms with Gasteiger partial charge in [-0.25, -0.2) is 19.9 Å². The van der Waals surface area contributed by atoms with Crippen molar-refractivity contribution in [1.29, 1.82) is 0 Å². The van der Waals surface area contributed by atoms with Gasteiger partial charge in [0.2, 0.25) is 0 Å². The Morgan fingerprint density at radius 2 is 2.16 bits per heavy atom. The first-order chi connectivity index (χ1) is 9.25. The number of nitrogens with one attached hydrogen (secondary N) is 1. The van der Waals surface area contributed by atoms with Gasteiger partial charge < -0.3 is 4.98 Å². The van der Waals surface area contributed by atoms with Crippen molar-refractivity contribution in [2.24, 2.45) is 0 Å². The first-order valence-electron chi connectivity index (χ1n) is 5.32. The van der Waals surface area contributed by atoms with E-state index in [0.717, 1.165) is 4.57 Å². The van der Waals surface area contributed by atoms with Crippen molar-refractivity contribution in [3.8, 4) is 0 Å². The molecule has 0 atom stereocenters. The van der Waals surface area contributed by atoms with E-state index in [9.17, 15) is 8.78 Å². The van der Waals surface area contributed by atoms with E-state index < -0.39 is 6.55 Å². The minimum Gasteiger partial charge on any atom is -0.341 e. The third-order valence-corrected chi connectivity index (χ3v) is 3.47. The molecule has 0 aliphatic carbocycles. The SMILES string of the molecule is FC(F)n1ccnc1CSc1ncnc2nc[nH]c12. The Morgan fingerprint density at radius 1 is 1.26 bits per heavy atom. The summed E-state index contributed by atoms with van der Waals surface area (Å²) in [6, 6.07) is 0. The van der Waals surface area contributed by atoms with Crippen LogP contribution < -0.4 is 0 Å². The lowest BCUT2D eigenvalue weighted by Crippen LogP contribution is -2.02. The average Bonchev–Trinajstić information content (AvgIpc) is 3.04. The van der Waals surface area contributed by atoms with Crippen LogP contribution in [0.1, 0.15) is 12.4 Å². The molecule has 0 radical (unpaired) electrons. The largest absolute Gasteiger partial charge is 0.341 e. The molecule has 0 amide bonds. The Labute approximate surface area is 110 Å². The van der Waals surface area contributed by atoms with E-state index in [1.165, 1.54) is 36.8 Å². The minimum absolute atomic E-state index is 0.294. The molecule has 3 heterocycles. The van der Waals surface area contributed by atoms with Crippen LogP contribution in [-0.4, -0.2) is 29.5 Å². The summed E-state index contributed by atoms with van der Waals surface area (Å²) in [5, 5.41) is 0.659. The van der Waals surface area contributed by atoms with E-state index in [2.05, 4.69) is 24.9 Å². The number of aromatic nitrogens is 6. The Morgan fingerprint density at radius 3 is 3.00 bits per heavy atom. The van der Waals surface area contributed by atoms with E-state index in [4.69, 9.17) is 0 Å². The number of nitrogens with zero attached hydrogens (tertiary/aromatic N) is 5. The minimum atomic E-state index is -2.59. The molecule has 6 nitrogen and oxygen atoms in total. The molecular weight excluding hydrogens is 274 g/mol. The molecule has 9 heteroatoms. The van der Waals surface area contributed by atoms with Crippen molar-refractivity contribution in [2.45, 2.75) is 17.3 Å². The quantitative estimate of drug-likeness (QED) is 0.587. The smallest absolute Gasteiger partial charge is 0.319 e. The maximum atomic E-state index is 12.7. The van der Waals surface area contributed by atoms with Gasteiger partial charge in [0.05, 0.1) is 12.1 Å². The van der Waals surface area contributed by atoms with E-state index in [1.807, 2.05) is 0 Å². The number of aromatic amines is 1. The van der Waals surface area contributed by atoms with Gasteiger partial charge in [-0.15, -0.1) is 0 Å². The van der Waals surface area contributed by atoms with Gasteiger partial charge in [0.1, 0.15) is 22.7 Å². The Bertz CT molecular complexity index is 694. The van der Waals surface area contributed by atoms with Gasteiger partial charge in [0.25, 0.3) is 0 Å². The molecule has 0 spiro atoms. The monoisotopic (exact) mass is 282 g/mol. The molecule has 0 saturated carbocycles. The summed E-state index contributed by atoms with van der Waals surface area (Å²) in [5.41, 5.74) is 1.25. The number of H-pyrrole nitrogens is 1. The van der Waals surface area contributed by atoms with Crippen molar-refractivity contribution in [3.05, 3.63) is 30.9 Å². The zero-order valence-electron chi connectivity index (χ0n) is 9.49. The molecule has 0 fully saturated rings. The van der Waals surface area contributed by atoms with Crippen LogP contribution in [0.3, 0.4) is 0 Å². The molecule has 98 valence electrons. The topological polar surface area (TPSA) is 72.3 Å². The Kier molecular flexibility index (Phi) is 3.11. The molecule has 0 aromatic carbocycles. The molecule has 0 saturated heterocycles. The lowest BCUT2D eigenvalue weighted by atomic mass is 10.6. The van der Waals surface area contributed by atoms with Crippen LogP contribution >= 0.6 is 11.8 Å². The summed E-state index contributed by atoms with van der Waals surface area (Å²) < 4.78 is 26.2. The van der Waals surface area contributed by atoms with Crippen molar-refractivity contribution in [3.63, 3.8) is 0 Å². The molecule has 3 rings (SSSR count). The van der Waals surface area contributed by atoms with Crippen LogP contribution in [-0.2, 0) is 5.75 Å². The fourth-order valence-corrected chi connectivity index (χ4v) is 2.52. The van der Waals surface area contributed by atoms with Crippen molar-refractivity contribution >= 4 is 22.9 Å². The predicted molar refractivity (Wildman–Crippen MR) is 64.7 cm³/mol. The third kappa shape index (κ3) is 2.28. The maximum Gasteiger partial charge on any atom is 0.319 e. The van der Waals surface area contributed by atoms with E-state index in [1.54, 1.807) is 0 Å². The number of alkyl halides is 2. The second kappa shape index (κ2) is 4.92. The Balaban J connectivity index is 1.82. The summed E-state index contributed by atoms with van der Waals surface area (Å²) in [7, 11) is 0. The predicted octanol–water partition coefficient (Wildman–Crippen LogP) is 2.24. The van der Waals surface area contributed by atoms with Crippen molar-refractivity contribution in [1.82, 2.24) is 29.5 Å². The zero-order chi connectivity index (χ0) is 13.2. The van der Waals surface area contributed by atoms with Gasteiger partial charge in [0, 0.05) is 12.4 Å². The summed E-state index contributed by atoms with van der Waals surface area (Å²) >= 11 is 1.30. The van der Waals surface area contributed by atoms with E-state index in [0.29, 0.717) is 27.8 Å². The van der Waals surface area contributed by atoms with Gasteiger partial charge in [-0.3, -0.25) is 4.57 Å². The van der Waals surface area contributed by atoms with Gasteiger partial charge in [-0.1, -0.05) is 11.8 Å². The number of thioether (sulfide) groups is 1. The number of hydrogen-bond donors (Lipinski definition) is 1. The van der Waals surface area contributed by atoms with Crippen LogP contribution in [0.2, 0.25) is 0 Å². The first kappa shape index (κ1) is 12.0. The molecule has 3 aromatic heterocycles. The summed E-state index contributed by atoms with van der Waals surface area (Å²) in [6.07, 6.45) is 5.52. The van der Waals surface area contributed by atoms with Gasteiger partial charge in [0.15, 0.2) is 5.65 Å². The molecule has 3 aromatic rings. The molecule has 19 heavy (non-hydrogen) atoms. The lowest BCUT2D eigenvalue weighted by molar-refractivity contribution is 0.0678. The number of halogens is 2. The van der Waals surface area contributed by atoms with Gasteiger partial charge in [-0.2, -0.15) is 8.78 Å². The molecule has 0 unspecified atom stereocenters. The highest BCUT2D eigenvalue weighted by atomic mass is 32.2. The third-order valence-electron chi connectivity index (χ3n) is 2.49. The highest BCUT2D eigenvalue weighted by Crippen LogP contribution is 2.26. The number of rotatable bonds is 4. The second-order valence-electron chi connectivity index (χ2n) is 3.60. The maximum absolute atomic E-state index is 12.7. The van der Waals surface area contributed by atoms with Gasteiger partial charge in [-0.05, 0) is 0 Å². The number of hydrogen-bond acceptors (Lipinski definition) is 5. The average molecular weight is 282 g/mol. The van der Waals surface area contributed by atoms with Gasteiger partial charge >= 0.3 is 6.55 Å². The molecule has 0 aliphatic heterocycles.